The van der Waals surface area contributed by atoms with Gasteiger partial charge in [0, 0.05) is 5.92 Å². The molecule has 1 amide bonds. The van der Waals surface area contributed by atoms with E-state index in [2.05, 4.69) is 5.32 Å². The lowest BCUT2D eigenvalue weighted by molar-refractivity contribution is -0.140. The van der Waals surface area contributed by atoms with E-state index in [9.17, 15) is 19.8 Å². The Kier molecular flexibility index (Phi) is 6.89. The first kappa shape index (κ1) is 16.0. The van der Waals surface area contributed by atoms with Gasteiger partial charge in [-0.05, 0) is 0 Å². The molecule has 0 aliphatic heterocycles. The normalized spacial score (nSPS) is 16.4. The summed E-state index contributed by atoms with van der Waals surface area (Å²) < 4.78 is 0. The van der Waals surface area contributed by atoms with E-state index >= 15 is 0 Å². The van der Waals surface area contributed by atoms with Gasteiger partial charge in [0.25, 0.3) is 0 Å². The minimum Gasteiger partial charge on any atom is -0.394 e. The Morgan fingerprint density at radius 2 is 1.71 bits per heavy atom. The number of hydrogen-bond donors (Lipinski definition) is 5. The summed E-state index contributed by atoms with van der Waals surface area (Å²) in [4.78, 5) is 22.4. The molecule has 0 aliphatic rings. The molecule has 17 heavy (non-hydrogen) atoms. The van der Waals surface area contributed by atoms with E-state index in [1.54, 1.807) is 13.8 Å². The van der Waals surface area contributed by atoms with E-state index in [1.807, 2.05) is 0 Å². The van der Waals surface area contributed by atoms with Crippen LogP contribution in [0.2, 0.25) is 0 Å². The Labute approximate surface area is 99.1 Å². The van der Waals surface area contributed by atoms with Crippen LogP contribution in [0.15, 0.2) is 0 Å². The van der Waals surface area contributed by atoms with Crippen LogP contribution in [0.4, 0.5) is 0 Å². The van der Waals surface area contributed by atoms with Crippen LogP contribution in [0.3, 0.4) is 0 Å². The quantitative estimate of drug-likeness (QED) is 0.337. The molecule has 7 heteroatoms. The average Bonchev–Trinajstić information content (AvgIpc) is 2.32. The molecule has 100 valence electrons. The molecule has 0 rings (SSSR count). The van der Waals surface area contributed by atoms with Gasteiger partial charge in [-0.1, -0.05) is 13.8 Å². The van der Waals surface area contributed by atoms with Crippen molar-refractivity contribution in [2.24, 2.45) is 5.92 Å². The summed E-state index contributed by atoms with van der Waals surface area (Å²) in [6, 6.07) is 0. The Bertz CT molecular complexity index is 268. The van der Waals surface area contributed by atoms with Crippen molar-refractivity contribution < 1.29 is 30.0 Å². The van der Waals surface area contributed by atoms with Gasteiger partial charge in [0.1, 0.15) is 18.3 Å². The lowest BCUT2D eigenvalue weighted by atomic mass is 10.0. The predicted molar refractivity (Wildman–Crippen MR) is 58.0 cm³/mol. The molecule has 0 bridgehead atoms. The van der Waals surface area contributed by atoms with Crippen LogP contribution in [-0.2, 0) is 9.59 Å². The van der Waals surface area contributed by atoms with Crippen molar-refractivity contribution >= 4 is 11.7 Å². The highest BCUT2D eigenvalue weighted by molar-refractivity contribution is 5.89. The summed E-state index contributed by atoms with van der Waals surface area (Å²) in [7, 11) is 0. The number of carbonyl (C=O) groups is 2. The number of Topliss-reactive ketones (excluding diaryl/α,β-unsaturated/α-hetero) is 1. The zero-order valence-electron chi connectivity index (χ0n) is 9.83. The Morgan fingerprint density at radius 1 is 1.18 bits per heavy atom. The topological polar surface area (TPSA) is 127 Å². The molecule has 0 unspecified atom stereocenters. The molecule has 0 saturated heterocycles. The lowest BCUT2D eigenvalue weighted by Gasteiger charge is -2.20. The molecule has 0 aromatic carbocycles. The van der Waals surface area contributed by atoms with E-state index in [-0.39, 0.29) is 11.8 Å². The second-order valence-corrected chi connectivity index (χ2v) is 4.02. The molecule has 7 nitrogen and oxygen atoms in total. The fraction of sp³-hybridized carbons (Fsp3) is 0.800. The van der Waals surface area contributed by atoms with Crippen molar-refractivity contribution in [3.8, 4) is 0 Å². The molecule has 5 N–H and O–H groups in total. The van der Waals surface area contributed by atoms with Gasteiger partial charge in [-0.25, -0.2) is 0 Å². The summed E-state index contributed by atoms with van der Waals surface area (Å²) in [5.41, 5.74) is 0. The number of aliphatic hydroxyl groups is 4. The first-order valence-corrected chi connectivity index (χ1v) is 5.26. The monoisotopic (exact) mass is 249 g/mol. The van der Waals surface area contributed by atoms with Crippen LogP contribution >= 0.6 is 0 Å². The van der Waals surface area contributed by atoms with E-state index in [1.165, 1.54) is 0 Å². The molecule has 0 radical (unpaired) electrons. The van der Waals surface area contributed by atoms with Crippen molar-refractivity contribution in [1.82, 2.24) is 5.32 Å². The smallest absolute Gasteiger partial charge is 0.222 e. The highest BCUT2D eigenvalue weighted by Crippen LogP contribution is 2.01. The fourth-order valence-electron chi connectivity index (χ4n) is 0.992. The van der Waals surface area contributed by atoms with Gasteiger partial charge in [0.15, 0.2) is 5.78 Å². The second-order valence-electron chi connectivity index (χ2n) is 4.02. The molecule has 0 aromatic rings. The molecule has 0 saturated carbocycles. The zero-order chi connectivity index (χ0) is 13.6. The van der Waals surface area contributed by atoms with E-state index in [4.69, 9.17) is 10.2 Å². The maximum atomic E-state index is 11.3. The molecular weight excluding hydrogens is 230 g/mol. The minimum atomic E-state index is -1.84. The Hall–Kier alpha value is -1.02. The molecule has 0 aliphatic carbocycles. The zero-order valence-corrected chi connectivity index (χ0v) is 9.83. The number of amides is 1. The maximum absolute atomic E-state index is 11.3. The van der Waals surface area contributed by atoms with Crippen molar-refractivity contribution in [2.75, 3.05) is 13.2 Å². The number of carbonyl (C=O) groups excluding carboxylic acids is 2. The maximum Gasteiger partial charge on any atom is 0.222 e. The van der Waals surface area contributed by atoms with Gasteiger partial charge in [-0.2, -0.15) is 0 Å². The third kappa shape index (κ3) is 5.22. The number of ketones is 1. The molecule has 0 aromatic heterocycles. The van der Waals surface area contributed by atoms with Crippen molar-refractivity contribution in [3.05, 3.63) is 0 Å². The third-order valence-corrected chi connectivity index (χ3v) is 2.20. The SMILES string of the molecule is CC(C)C(=O)NCC(=O)[C@@H](O)[C@H](O)[C@H](O)CO. The van der Waals surface area contributed by atoms with Crippen molar-refractivity contribution in [1.29, 1.82) is 0 Å². The second kappa shape index (κ2) is 7.33. The van der Waals surface area contributed by atoms with Gasteiger partial charge in [0.2, 0.25) is 5.91 Å². The first-order chi connectivity index (χ1) is 7.81. The number of hydrogen-bond acceptors (Lipinski definition) is 6. The predicted octanol–water partition coefficient (Wildman–Crippen LogP) is -2.60. The molecule has 3 atom stereocenters. The van der Waals surface area contributed by atoms with Crippen LogP contribution in [0.1, 0.15) is 13.8 Å². The van der Waals surface area contributed by atoms with Crippen LogP contribution < -0.4 is 5.32 Å². The molecule has 0 heterocycles. The third-order valence-electron chi connectivity index (χ3n) is 2.20. The summed E-state index contributed by atoms with van der Waals surface area (Å²) in [5, 5.41) is 38.4. The van der Waals surface area contributed by atoms with Gasteiger partial charge < -0.3 is 25.7 Å². The van der Waals surface area contributed by atoms with Gasteiger partial charge in [-0.3, -0.25) is 9.59 Å². The number of nitrogens with one attached hydrogen (secondary N) is 1. The van der Waals surface area contributed by atoms with Crippen LogP contribution in [0.25, 0.3) is 0 Å². The first-order valence-electron chi connectivity index (χ1n) is 5.26. The van der Waals surface area contributed by atoms with Gasteiger partial charge >= 0.3 is 0 Å². The Balaban J connectivity index is 4.19. The van der Waals surface area contributed by atoms with E-state index in [0.717, 1.165) is 0 Å². The summed E-state index contributed by atoms with van der Waals surface area (Å²) >= 11 is 0. The van der Waals surface area contributed by atoms with Crippen LogP contribution in [0, 0.1) is 5.92 Å². The molecular formula is C10H19NO6. The summed E-state index contributed by atoms with van der Waals surface area (Å²) in [5.74, 6) is -1.49. The number of aliphatic hydroxyl groups excluding tert-OH is 4. The van der Waals surface area contributed by atoms with Gasteiger partial charge in [-0.15, -0.1) is 0 Å². The Morgan fingerprint density at radius 3 is 2.12 bits per heavy atom. The summed E-state index contributed by atoms with van der Waals surface area (Å²) in [6.45, 7) is 2.07. The highest BCUT2D eigenvalue weighted by Gasteiger charge is 2.29. The van der Waals surface area contributed by atoms with Crippen LogP contribution in [0.5, 0.6) is 0 Å². The van der Waals surface area contributed by atoms with Crippen molar-refractivity contribution in [2.45, 2.75) is 32.2 Å². The van der Waals surface area contributed by atoms with E-state index in [0.29, 0.717) is 0 Å². The van der Waals surface area contributed by atoms with Crippen LogP contribution in [-0.4, -0.2) is 63.6 Å². The number of rotatable bonds is 7. The summed E-state index contributed by atoms with van der Waals surface area (Å²) in [6.07, 6.45) is -5.22. The minimum absolute atomic E-state index is 0.298. The lowest BCUT2D eigenvalue weighted by Crippen LogP contribution is -2.47. The van der Waals surface area contributed by atoms with Gasteiger partial charge in [0.05, 0.1) is 13.2 Å². The van der Waals surface area contributed by atoms with Crippen molar-refractivity contribution in [3.63, 3.8) is 0 Å². The molecule has 0 spiro atoms. The standard InChI is InChI=1S/C10H19NO6/c1-5(2)10(17)11-3-6(13)8(15)9(16)7(14)4-12/h5,7-9,12,14-16H,3-4H2,1-2H3,(H,11,17)/t7-,8-,9-/m1/s1. The highest BCUT2D eigenvalue weighted by atomic mass is 16.4. The fourth-order valence-corrected chi connectivity index (χ4v) is 0.992. The largest absolute Gasteiger partial charge is 0.394 e. The molecule has 0 fully saturated rings. The average molecular weight is 249 g/mol. The van der Waals surface area contributed by atoms with E-state index < -0.39 is 37.2 Å².